The number of nitrogens with two attached hydrogens (primary N) is 1. The minimum atomic E-state index is -1.67. The molecule has 1 aliphatic rings. The van der Waals surface area contributed by atoms with E-state index in [1.807, 2.05) is 0 Å². The number of carbonyl (C=O) groups is 5. The van der Waals surface area contributed by atoms with Crippen molar-refractivity contribution in [3.8, 4) is 5.75 Å². The van der Waals surface area contributed by atoms with Crippen molar-refractivity contribution in [1.82, 2.24) is 0 Å². The second-order valence-corrected chi connectivity index (χ2v) is 9.05. The molecule has 0 bridgehead atoms. The predicted molar refractivity (Wildman–Crippen MR) is 124 cm³/mol. The van der Waals surface area contributed by atoms with Crippen molar-refractivity contribution >= 4 is 35.5 Å². The third-order valence-electron chi connectivity index (χ3n) is 4.70. The summed E-state index contributed by atoms with van der Waals surface area (Å²) >= 11 is 0. The summed E-state index contributed by atoms with van der Waals surface area (Å²) in [5.41, 5.74) is 5.18. The molecule has 0 saturated carbocycles. The molecule has 1 fully saturated rings. The van der Waals surface area contributed by atoms with Gasteiger partial charge in [-0.2, -0.15) is 0 Å². The van der Waals surface area contributed by atoms with E-state index in [0.717, 1.165) is 27.9 Å². The van der Waals surface area contributed by atoms with E-state index in [1.54, 1.807) is 20.8 Å². The standard InChI is InChI=1S/C24H31NO12/c1-11(26)32-17-18(33-12(2)27)20(34-13(3)28)23(36-19(17)22(30)31-7)35-16-10-14(25)8-9-15(16)21(29)37-24(4,5)6/h8-10,17-20,23H,25H2,1-7H3/t17-,18-,19-,20+,23+/m0/s1. The van der Waals surface area contributed by atoms with E-state index in [9.17, 15) is 24.0 Å². The second-order valence-electron chi connectivity index (χ2n) is 9.05. The molecule has 0 amide bonds. The highest BCUT2D eigenvalue weighted by Crippen LogP contribution is 2.33. The summed E-state index contributed by atoms with van der Waals surface area (Å²) in [7, 11) is 1.06. The second kappa shape index (κ2) is 11.9. The van der Waals surface area contributed by atoms with E-state index in [4.69, 9.17) is 38.9 Å². The van der Waals surface area contributed by atoms with E-state index in [0.29, 0.717) is 0 Å². The summed E-state index contributed by atoms with van der Waals surface area (Å²) in [4.78, 5) is 61.1. The zero-order chi connectivity index (χ0) is 28.1. The van der Waals surface area contributed by atoms with Crippen molar-refractivity contribution in [2.24, 2.45) is 0 Å². The molecular weight excluding hydrogens is 494 g/mol. The molecule has 1 heterocycles. The van der Waals surface area contributed by atoms with Gasteiger partial charge in [0.25, 0.3) is 0 Å². The van der Waals surface area contributed by atoms with E-state index < -0.39 is 66.2 Å². The number of methoxy groups -OCH3 is 1. The Bertz CT molecular complexity index is 1050. The Balaban J connectivity index is 2.60. The quantitative estimate of drug-likeness (QED) is 0.306. The highest BCUT2D eigenvalue weighted by molar-refractivity contribution is 5.93. The van der Waals surface area contributed by atoms with Gasteiger partial charge < -0.3 is 38.9 Å². The smallest absolute Gasteiger partial charge is 0.342 e. The summed E-state index contributed by atoms with van der Waals surface area (Å²) in [5.74, 6) is -4.44. The number of hydrogen-bond donors (Lipinski definition) is 1. The van der Waals surface area contributed by atoms with Crippen LogP contribution in [-0.4, -0.2) is 73.3 Å². The molecule has 0 aromatic heterocycles. The molecule has 13 nitrogen and oxygen atoms in total. The van der Waals surface area contributed by atoms with Gasteiger partial charge >= 0.3 is 29.8 Å². The molecule has 1 aliphatic heterocycles. The highest BCUT2D eigenvalue weighted by atomic mass is 16.7. The minimum absolute atomic E-state index is 0.0601. The van der Waals surface area contributed by atoms with Crippen molar-refractivity contribution in [3.05, 3.63) is 23.8 Å². The Morgan fingerprint density at radius 1 is 0.865 bits per heavy atom. The van der Waals surface area contributed by atoms with Crippen LogP contribution >= 0.6 is 0 Å². The third-order valence-corrected chi connectivity index (χ3v) is 4.70. The topological polar surface area (TPSA) is 176 Å². The fourth-order valence-corrected chi connectivity index (χ4v) is 3.44. The van der Waals surface area contributed by atoms with Crippen LogP contribution in [0.1, 0.15) is 51.9 Å². The first-order valence-corrected chi connectivity index (χ1v) is 11.2. The number of rotatable bonds is 7. The summed E-state index contributed by atoms with van der Waals surface area (Å²) in [5, 5.41) is 0. The Kier molecular flexibility index (Phi) is 9.45. The van der Waals surface area contributed by atoms with E-state index >= 15 is 0 Å². The average molecular weight is 526 g/mol. The first kappa shape index (κ1) is 29.4. The van der Waals surface area contributed by atoms with Gasteiger partial charge in [-0.3, -0.25) is 14.4 Å². The minimum Gasteiger partial charge on any atom is -0.467 e. The molecule has 204 valence electrons. The number of carbonyl (C=O) groups excluding carboxylic acids is 5. The first-order chi connectivity index (χ1) is 17.1. The molecule has 5 atom stereocenters. The van der Waals surface area contributed by atoms with Crippen LogP contribution in [0.5, 0.6) is 5.75 Å². The zero-order valence-electron chi connectivity index (χ0n) is 21.6. The molecule has 0 radical (unpaired) electrons. The van der Waals surface area contributed by atoms with E-state index in [2.05, 4.69) is 0 Å². The number of anilines is 1. The lowest BCUT2D eigenvalue weighted by molar-refractivity contribution is -0.282. The summed E-state index contributed by atoms with van der Waals surface area (Å²) < 4.78 is 37.6. The van der Waals surface area contributed by atoms with E-state index in [1.165, 1.54) is 18.2 Å². The maximum absolute atomic E-state index is 12.8. The largest absolute Gasteiger partial charge is 0.467 e. The fourth-order valence-electron chi connectivity index (χ4n) is 3.44. The van der Waals surface area contributed by atoms with Crippen LogP contribution in [-0.2, 0) is 47.6 Å². The number of ether oxygens (including phenoxy) is 7. The molecule has 2 N–H and O–H groups in total. The van der Waals surface area contributed by atoms with Crippen LogP contribution in [0.3, 0.4) is 0 Å². The number of nitrogen functional groups attached to an aromatic ring is 1. The molecule has 37 heavy (non-hydrogen) atoms. The van der Waals surface area contributed by atoms with Crippen LogP contribution in [0, 0.1) is 0 Å². The third kappa shape index (κ3) is 8.07. The van der Waals surface area contributed by atoms with Crippen molar-refractivity contribution in [2.45, 2.75) is 77.8 Å². The molecule has 1 saturated heterocycles. The van der Waals surface area contributed by atoms with Crippen LogP contribution < -0.4 is 10.5 Å². The van der Waals surface area contributed by atoms with Gasteiger partial charge in [0.1, 0.15) is 16.9 Å². The van der Waals surface area contributed by atoms with Crippen LogP contribution in [0.25, 0.3) is 0 Å². The molecule has 13 heteroatoms. The zero-order valence-corrected chi connectivity index (χ0v) is 21.6. The Morgan fingerprint density at radius 3 is 1.92 bits per heavy atom. The summed E-state index contributed by atoms with van der Waals surface area (Å²) in [6.45, 7) is 8.20. The summed E-state index contributed by atoms with van der Waals surface area (Å²) in [6.07, 6.45) is -8.00. The SMILES string of the molecule is COC(=O)[C@H]1O[C@@H](Oc2cc(N)ccc2C(=O)OC(C)(C)C)[C@H](OC(C)=O)[C@@H](OC(C)=O)[C@@H]1OC(C)=O. The highest BCUT2D eigenvalue weighted by Gasteiger charge is 2.56. The molecule has 0 aliphatic carbocycles. The number of benzene rings is 1. The van der Waals surface area contributed by atoms with Crippen molar-refractivity contribution in [1.29, 1.82) is 0 Å². The predicted octanol–water partition coefficient (Wildman–Crippen LogP) is 1.30. The summed E-state index contributed by atoms with van der Waals surface area (Å²) in [6, 6.07) is 4.08. The first-order valence-electron chi connectivity index (χ1n) is 11.2. The van der Waals surface area contributed by atoms with Gasteiger partial charge in [-0.15, -0.1) is 0 Å². The lowest BCUT2D eigenvalue weighted by Gasteiger charge is -2.43. The average Bonchev–Trinajstić information content (AvgIpc) is 2.74. The molecule has 1 aromatic carbocycles. The van der Waals surface area contributed by atoms with Crippen LogP contribution in [0.4, 0.5) is 5.69 Å². The van der Waals surface area contributed by atoms with Crippen LogP contribution in [0.15, 0.2) is 18.2 Å². The molecule has 1 aromatic rings. The molecule has 0 spiro atoms. The number of hydrogen-bond acceptors (Lipinski definition) is 13. The van der Waals surface area contributed by atoms with Gasteiger partial charge in [-0.05, 0) is 32.9 Å². The van der Waals surface area contributed by atoms with Gasteiger partial charge in [0.2, 0.25) is 12.4 Å². The van der Waals surface area contributed by atoms with E-state index in [-0.39, 0.29) is 17.0 Å². The van der Waals surface area contributed by atoms with Gasteiger partial charge in [0.15, 0.2) is 18.3 Å². The van der Waals surface area contributed by atoms with Gasteiger partial charge in [-0.1, -0.05) is 0 Å². The molecular formula is C24H31NO12. The van der Waals surface area contributed by atoms with Crippen molar-refractivity contribution in [3.63, 3.8) is 0 Å². The Hall–Kier alpha value is -3.87. The monoisotopic (exact) mass is 525 g/mol. The molecule has 0 unspecified atom stereocenters. The Morgan fingerprint density at radius 2 is 1.41 bits per heavy atom. The van der Waals surface area contributed by atoms with Crippen molar-refractivity contribution < 1.29 is 57.1 Å². The fraction of sp³-hybridized carbons (Fsp3) is 0.542. The lowest BCUT2D eigenvalue weighted by atomic mass is 9.97. The van der Waals surface area contributed by atoms with Crippen molar-refractivity contribution in [2.75, 3.05) is 12.8 Å². The normalized spacial score (nSPS) is 23.3. The maximum atomic E-state index is 12.8. The van der Waals surface area contributed by atoms with Gasteiger partial charge in [0.05, 0.1) is 7.11 Å². The lowest BCUT2D eigenvalue weighted by Crippen LogP contribution is -2.64. The molecule has 2 rings (SSSR count). The Labute approximate surface area is 213 Å². The van der Waals surface area contributed by atoms with Crippen LogP contribution in [0.2, 0.25) is 0 Å². The van der Waals surface area contributed by atoms with Gasteiger partial charge in [0, 0.05) is 32.5 Å². The van der Waals surface area contributed by atoms with Gasteiger partial charge in [-0.25, -0.2) is 9.59 Å². The maximum Gasteiger partial charge on any atom is 0.342 e. The number of esters is 5.